The first-order chi connectivity index (χ1) is 8.39. The van der Waals surface area contributed by atoms with Gasteiger partial charge in [-0.3, -0.25) is 0 Å². The Morgan fingerprint density at radius 2 is 1.83 bits per heavy atom. The van der Waals surface area contributed by atoms with Gasteiger partial charge in [0.2, 0.25) is 0 Å². The summed E-state index contributed by atoms with van der Waals surface area (Å²) in [5.41, 5.74) is -0.581. The lowest BCUT2D eigenvalue weighted by molar-refractivity contribution is 0.00578. The van der Waals surface area contributed by atoms with Crippen molar-refractivity contribution in [3.8, 4) is 0 Å². The molecule has 2 aromatic rings. The lowest BCUT2D eigenvalue weighted by atomic mass is 9.88. The molecule has 0 aliphatic carbocycles. The number of nitrogens with zero attached hydrogens (tertiary/aromatic N) is 1. The van der Waals surface area contributed by atoms with Crippen molar-refractivity contribution in [2.24, 2.45) is 0 Å². The third-order valence-corrected chi connectivity index (χ3v) is 4.88. The van der Waals surface area contributed by atoms with E-state index in [1.807, 2.05) is 12.3 Å². The second-order valence-corrected chi connectivity index (χ2v) is 6.70. The van der Waals surface area contributed by atoms with E-state index in [0.29, 0.717) is 0 Å². The molecule has 94 valence electrons. The second-order valence-electron chi connectivity index (χ2n) is 5.63. The molecule has 1 saturated heterocycles. The van der Waals surface area contributed by atoms with Crippen molar-refractivity contribution in [3.05, 3.63) is 24.4 Å². The van der Waals surface area contributed by atoms with E-state index in [1.165, 1.54) is 0 Å². The van der Waals surface area contributed by atoms with Crippen LogP contribution in [0.2, 0.25) is 0 Å². The average molecular weight is 261 g/mol. The fourth-order valence-electron chi connectivity index (χ4n) is 1.97. The summed E-state index contributed by atoms with van der Waals surface area (Å²) in [5, 5.41) is 1.15. The Morgan fingerprint density at radius 3 is 2.44 bits per heavy atom. The minimum atomic E-state index is -0.290. The van der Waals surface area contributed by atoms with Crippen LogP contribution in [-0.2, 0) is 9.31 Å². The highest BCUT2D eigenvalue weighted by Crippen LogP contribution is 2.37. The maximum absolute atomic E-state index is 6.04. The molecule has 0 amide bonds. The molecule has 0 bridgehead atoms. The molecule has 2 aromatic heterocycles. The topological polar surface area (TPSA) is 31.4 Å². The van der Waals surface area contributed by atoms with Crippen LogP contribution in [0.1, 0.15) is 27.7 Å². The number of hydrogen-bond donors (Lipinski definition) is 0. The van der Waals surface area contributed by atoms with Crippen molar-refractivity contribution >= 4 is 33.4 Å². The van der Waals surface area contributed by atoms with Gasteiger partial charge in [-0.05, 0) is 39.8 Å². The van der Waals surface area contributed by atoms with Gasteiger partial charge in [-0.2, -0.15) is 0 Å². The molecule has 0 N–H and O–H groups in total. The summed E-state index contributed by atoms with van der Waals surface area (Å²) in [6.07, 6.45) is 1.81. The van der Waals surface area contributed by atoms with Crippen LogP contribution in [0, 0.1) is 0 Å². The molecular weight excluding hydrogens is 245 g/mol. The molecule has 1 aliphatic heterocycles. The summed E-state index contributed by atoms with van der Waals surface area (Å²) >= 11 is 1.63. The van der Waals surface area contributed by atoms with Gasteiger partial charge < -0.3 is 9.31 Å². The molecule has 0 aromatic carbocycles. The zero-order valence-corrected chi connectivity index (χ0v) is 11.9. The third kappa shape index (κ3) is 1.78. The van der Waals surface area contributed by atoms with Crippen molar-refractivity contribution in [2.45, 2.75) is 38.9 Å². The van der Waals surface area contributed by atoms with Crippen LogP contribution < -0.4 is 4.78 Å². The first-order valence-electron chi connectivity index (χ1n) is 6.09. The van der Waals surface area contributed by atoms with Gasteiger partial charge in [0.15, 0.2) is 0 Å². The third-order valence-electron chi connectivity index (χ3n) is 3.80. The lowest BCUT2D eigenvalue weighted by Crippen LogP contribution is -2.41. The van der Waals surface area contributed by atoms with E-state index >= 15 is 0 Å². The van der Waals surface area contributed by atoms with Crippen LogP contribution in [0.3, 0.4) is 0 Å². The molecule has 0 radical (unpaired) electrons. The average Bonchev–Trinajstić information content (AvgIpc) is 2.78. The monoisotopic (exact) mass is 261 g/mol. The van der Waals surface area contributed by atoms with Crippen molar-refractivity contribution in [2.75, 3.05) is 0 Å². The number of thiophene rings is 1. The van der Waals surface area contributed by atoms with Crippen LogP contribution in [0.15, 0.2) is 24.4 Å². The number of rotatable bonds is 1. The van der Waals surface area contributed by atoms with Gasteiger partial charge in [-0.25, -0.2) is 4.98 Å². The molecule has 3 nitrogen and oxygen atoms in total. The first-order valence-corrected chi connectivity index (χ1v) is 6.91. The Kier molecular flexibility index (Phi) is 2.56. The molecule has 5 heteroatoms. The van der Waals surface area contributed by atoms with Crippen molar-refractivity contribution in [1.29, 1.82) is 0 Å². The molecule has 3 heterocycles. The number of hydrogen-bond acceptors (Lipinski definition) is 4. The summed E-state index contributed by atoms with van der Waals surface area (Å²) in [4.78, 5) is 5.38. The summed E-state index contributed by atoms with van der Waals surface area (Å²) in [6, 6.07) is 6.12. The largest absolute Gasteiger partial charge is 0.505 e. The van der Waals surface area contributed by atoms with Gasteiger partial charge in [-0.15, -0.1) is 11.3 Å². The minimum Gasteiger partial charge on any atom is -0.399 e. The highest BCUT2D eigenvalue weighted by molar-refractivity contribution is 7.27. The molecule has 0 unspecified atom stereocenters. The lowest BCUT2D eigenvalue weighted by Gasteiger charge is -2.32. The highest BCUT2D eigenvalue weighted by Gasteiger charge is 2.52. The maximum atomic E-state index is 6.04. The predicted octanol–water partition coefficient (Wildman–Crippen LogP) is 2.60. The SMILES string of the molecule is CC1(C)OB(c2cc3cccnc3s2)OC1(C)C. The van der Waals surface area contributed by atoms with Crippen LogP contribution in [0.5, 0.6) is 0 Å². The van der Waals surface area contributed by atoms with Crippen molar-refractivity contribution < 1.29 is 9.31 Å². The van der Waals surface area contributed by atoms with Crippen LogP contribution in [0.25, 0.3) is 10.2 Å². The molecule has 3 rings (SSSR count). The van der Waals surface area contributed by atoms with Crippen LogP contribution >= 0.6 is 11.3 Å². The minimum absolute atomic E-state index is 0.283. The van der Waals surface area contributed by atoms with Crippen molar-refractivity contribution in [1.82, 2.24) is 4.98 Å². The maximum Gasteiger partial charge on any atom is 0.505 e. The smallest absolute Gasteiger partial charge is 0.399 e. The molecule has 1 aliphatic rings. The summed E-state index contributed by atoms with van der Waals surface area (Å²) in [7, 11) is -0.283. The van der Waals surface area contributed by atoms with Gasteiger partial charge in [0.05, 0.1) is 11.2 Å². The fourth-order valence-corrected chi connectivity index (χ4v) is 2.93. The first kappa shape index (κ1) is 12.1. The Hall–Kier alpha value is -0.905. The predicted molar refractivity (Wildman–Crippen MR) is 75.3 cm³/mol. The molecule has 1 fully saturated rings. The van der Waals surface area contributed by atoms with E-state index in [9.17, 15) is 0 Å². The van der Waals surface area contributed by atoms with Gasteiger partial charge in [-0.1, -0.05) is 6.07 Å². The van der Waals surface area contributed by atoms with Gasteiger partial charge in [0.25, 0.3) is 0 Å². The number of aromatic nitrogens is 1. The number of fused-ring (bicyclic) bond motifs is 1. The van der Waals surface area contributed by atoms with Gasteiger partial charge >= 0.3 is 7.12 Å². The standard InChI is InChI=1S/C13H16BNO2S/c1-12(2)13(3,4)17-14(16-12)10-8-9-6-5-7-15-11(9)18-10/h5-8H,1-4H3. The highest BCUT2D eigenvalue weighted by atomic mass is 32.1. The summed E-state index contributed by atoms with van der Waals surface area (Å²) in [6.45, 7) is 8.27. The van der Waals surface area contributed by atoms with E-state index in [4.69, 9.17) is 9.31 Å². The Morgan fingerprint density at radius 1 is 1.17 bits per heavy atom. The molecule has 18 heavy (non-hydrogen) atoms. The normalized spacial score (nSPS) is 21.7. The second kappa shape index (κ2) is 3.79. The summed E-state index contributed by atoms with van der Waals surface area (Å²) < 4.78 is 13.2. The zero-order valence-electron chi connectivity index (χ0n) is 11.1. The summed E-state index contributed by atoms with van der Waals surface area (Å²) in [5.74, 6) is 0. The van der Waals surface area contributed by atoms with E-state index in [0.717, 1.165) is 15.0 Å². The van der Waals surface area contributed by atoms with E-state index in [1.54, 1.807) is 11.3 Å². The Balaban J connectivity index is 1.97. The van der Waals surface area contributed by atoms with E-state index in [-0.39, 0.29) is 18.3 Å². The van der Waals surface area contributed by atoms with E-state index in [2.05, 4.69) is 44.8 Å². The van der Waals surface area contributed by atoms with Crippen LogP contribution in [0.4, 0.5) is 0 Å². The van der Waals surface area contributed by atoms with Gasteiger partial charge in [0, 0.05) is 16.4 Å². The fraction of sp³-hybridized carbons (Fsp3) is 0.462. The van der Waals surface area contributed by atoms with E-state index < -0.39 is 0 Å². The molecule has 0 spiro atoms. The Labute approximate surface area is 111 Å². The quantitative estimate of drug-likeness (QED) is 0.739. The molecule has 0 atom stereocenters. The molecule has 0 saturated carbocycles. The van der Waals surface area contributed by atoms with Crippen LogP contribution in [-0.4, -0.2) is 23.3 Å². The molecular formula is C13H16BNO2S. The number of pyridine rings is 1. The van der Waals surface area contributed by atoms with Crippen molar-refractivity contribution in [3.63, 3.8) is 0 Å². The van der Waals surface area contributed by atoms with Gasteiger partial charge in [0.1, 0.15) is 4.83 Å². The zero-order chi connectivity index (χ0) is 13.0. The Bertz CT molecular complexity index is 544.